The Bertz CT molecular complexity index is 461. The average molecular weight is 246 g/mol. The van der Waals surface area contributed by atoms with E-state index in [2.05, 4.69) is 38.2 Å². The van der Waals surface area contributed by atoms with Crippen LogP contribution in [0.25, 0.3) is 0 Å². The maximum atomic E-state index is 8.74. The molecule has 0 fully saturated rings. The van der Waals surface area contributed by atoms with E-state index in [0.717, 1.165) is 12.2 Å². The summed E-state index contributed by atoms with van der Waals surface area (Å²) in [5.41, 5.74) is 4.94. The molecule has 0 bridgehead atoms. The molecule has 0 aliphatic carbocycles. The summed E-state index contributed by atoms with van der Waals surface area (Å²) in [6, 6.07) is 4.52. The van der Waals surface area contributed by atoms with Gasteiger partial charge >= 0.3 is 0 Å². The van der Waals surface area contributed by atoms with Crippen LogP contribution in [0.15, 0.2) is 6.07 Å². The van der Waals surface area contributed by atoms with E-state index in [1.165, 1.54) is 22.3 Å². The molecule has 98 valence electrons. The van der Waals surface area contributed by atoms with Gasteiger partial charge in [0.25, 0.3) is 0 Å². The van der Waals surface area contributed by atoms with Crippen molar-refractivity contribution >= 4 is 0 Å². The van der Waals surface area contributed by atoms with Crippen molar-refractivity contribution in [1.29, 1.82) is 5.26 Å². The second-order valence-electron chi connectivity index (χ2n) is 4.60. The van der Waals surface area contributed by atoms with Crippen LogP contribution in [0, 0.1) is 32.1 Å². The van der Waals surface area contributed by atoms with Gasteiger partial charge in [-0.05, 0) is 62.6 Å². The molecule has 0 saturated carbocycles. The largest absolute Gasteiger partial charge is 0.496 e. The van der Waals surface area contributed by atoms with Crippen molar-refractivity contribution < 1.29 is 4.74 Å². The summed E-state index contributed by atoms with van der Waals surface area (Å²) < 4.78 is 5.38. The summed E-state index contributed by atoms with van der Waals surface area (Å²) in [6.45, 7) is 6.30. The van der Waals surface area contributed by atoms with Crippen molar-refractivity contribution in [3.63, 3.8) is 0 Å². The molecule has 0 spiro atoms. The third-order valence-corrected chi connectivity index (χ3v) is 3.57. The molecule has 3 heteroatoms. The number of nitriles is 1. The fraction of sp³-hybridized carbons (Fsp3) is 0.533. The molecule has 1 atom stereocenters. The zero-order valence-corrected chi connectivity index (χ0v) is 11.9. The van der Waals surface area contributed by atoms with E-state index in [4.69, 9.17) is 10.00 Å². The van der Waals surface area contributed by atoms with Gasteiger partial charge in [-0.2, -0.15) is 5.26 Å². The van der Waals surface area contributed by atoms with Crippen LogP contribution in [0.4, 0.5) is 0 Å². The second kappa shape index (κ2) is 6.42. The SMILES string of the molecule is CNC(CCC#N)c1c(C)cc(OC)c(C)c1C. The van der Waals surface area contributed by atoms with Crippen molar-refractivity contribution in [2.75, 3.05) is 14.2 Å². The topological polar surface area (TPSA) is 45.0 Å². The van der Waals surface area contributed by atoms with Crippen LogP contribution >= 0.6 is 0 Å². The van der Waals surface area contributed by atoms with E-state index >= 15 is 0 Å². The minimum Gasteiger partial charge on any atom is -0.496 e. The first-order valence-corrected chi connectivity index (χ1v) is 6.25. The highest BCUT2D eigenvalue weighted by Crippen LogP contribution is 2.32. The van der Waals surface area contributed by atoms with Gasteiger partial charge in [-0.25, -0.2) is 0 Å². The molecule has 0 radical (unpaired) electrons. The molecule has 0 aliphatic heterocycles. The van der Waals surface area contributed by atoms with Crippen LogP contribution in [0.1, 0.15) is 41.1 Å². The molecule has 1 aromatic rings. The number of nitrogens with one attached hydrogen (secondary N) is 1. The molecule has 0 aromatic heterocycles. The number of aryl methyl sites for hydroxylation is 1. The zero-order valence-electron chi connectivity index (χ0n) is 11.9. The van der Waals surface area contributed by atoms with Gasteiger partial charge in [-0.15, -0.1) is 0 Å². The molecule has 1 aromatic carbocycles. The van der Waals surface area contributed by atoms with E-state index in [9.17, 15) is 0 Å². The zero-order chi connectivity index (χ0) is 13.7. The van der Waals surface area contributed by atoms with Crippen LogP contribution in [0.3, 0.4) is 0 Å². The highest BCUT2D eigenvalue weighted by atomic mass is 16.5. The summed E-state index contributed by atoms with van der Waals surface area (Å²) in [5, 5.41) is 12.0. The van der Waals surface area contributed by atoms with Crippen LogP contribution in [-0.2, 0) is 0 Å². The van der Waals surface area contributed by atoms with Crippen LogP contribution < -0.4 is 10.1 Å². The average Bonchev–Trinajstić information content (AvgIpc) is 2.37. The maximum Gasteiger partial charge on any atom is 0.122 e. The van der Waals surface area contributed by atoms with Crippen molar-refractivity contribution in [3.05, 3.63) is 28.3 Å². The summed E-state index contributed by atoms with van der Waals surface area (Å²) in [6.07, 6.45) is 1.40. The van der Waals surface area contributed by atoms with Crippen LogP contribution in [-0.4, -0.2) is 14.2 Å². The Morgan fingerprint density at radius 1 is 1.33 bits per heavy atom. The Kier molecular flexibility index (Phi) is 5.18. The molecule has 0 heterocycles. The predicted molar refractivity (Wildman–Crippen MR) is 73.9 cm³/mol. The molecule has 1 N–H and O–H groups in total. The van der Waals surface area contributed by atoms with E-state index in [-0.39, 0.29) is 6.04 Å². The molecule has 0 amide bonds. The van der Waals surface area contributed by atoms with E-state index in [1.807, 2.05) is 7.05 Å². The number of benzene rings is 1. The van der Waals surface area contributed by atoms with E-state index < -0.39 is 0 Å². The second-order valence-corrected chi connectivity index (χ2v) is 4.60. The third kappa shape index (κ3) is 2.83. The predicted octanol–water partition coefficient (Wildman–Crippen LogP) is 3.18. The Labute approximate surface area is 110 Å². The molecule has 0 aliphatic rings. The number of methoxy groups -OCH3 is 1. The summed E-state index contributed by atoms with van der Waals surface area (Å²) in [7, 11) is 3.65. The lowest BCUT2D eigenvalue weighted by molar-refractivity contribution is 0.410. The fourth-order valence-corrected chi connectivity index (χ4v) is 2.46. The van der Waals surface area contributed by atoms with Crippen molar-refractivity contribution in [3.8, 4) is 11.8 Å². The highest BCUT2D eigenvalue weighted by molar-refractivity contribution is 5.49. The number of nitrogens with zero attached hydrogens (tertiary/aromatic N) is 1. The summed E-state index contributed by atoms with van der Waals surface area (Å²) in [5.74, 6) is 0.934. The first-order chi connectivity index (χ1) is 8.56. The Hall–Kier alpha value is -1.53. The van der Waals surface area contributed by atoms with E-state index in [1.54, 1.807) is 7.11 Å². The van der Waals surface area contributed by atoms with Gasteiger partial charge in [0.05, 0.1) is 13.2 Å². The molecular formula is C15H22N2O. The molecule has 3 nitrogen and oxygen atoms in total. The minimum absolute atomic E-state index is 0.231. The Morgan fingerprint density at radius 2 is 2.00 bits per heavy atom. The maximum absolute atomic E-state index is 8.74. The van der Waals surface area contributed by atoms with Crippen molar-refractivity contribution in [2.24, 2.45) is 0 Å². The molecule has 18 heavy (non-hydrogen) atoms. The first-order valence-electron chi connectivity index (χ1n) is 6.25. The van der Waals surface area contributed by atoms with Gasteiger partial charge < -0.3 is 10.1 Å². The summed E-state index contributed by atoms with van der Waals surface area (Å²) in [4.78, 5) is 0. The van der Waals surface area contributed by atoms with Gasteiger partial charge in [0, 0.05) is 12.5 Å². The van der Waals surface area contributed by atoms with Crippen LogP contribution in [0.5, 0.6) is 5.75 Å². The molecular weight excluding hydrogens is 224 g/mol. The van der Waals surface area contributed by atoms with Gasteiger partial charge in [0.1, 0.15) is 5.75 Å². The monoisotopic (exact) mass is 246 g/mol. The normalized spacial score (nSPS) is 12.0. The lowest BCUT2D eigenvalue weighted by Gasteiger charge is -2.23. The van der Waals surface area contributed by atoms with Gasteiger partial charge in [0.15, 0.2) is 0 Å². The fourth-order valence-electron chi connectivity index (χ4n) is 2.46. The molecule has 1 unspecified atom stereocenters. The first kappa shape index (κ1) is 14.5. The van der Waals surface area contributed by atoms with Gasteiger partial charge in [-0.3, -0.25) is 0 Å². The minimum atomic E-state index is 0.231. The smallest absolute Gasteiger partial charge is 0.122 e. The lowest BCUT2D eigenvalue weighted by atomic mass is 9.90. The van der Waals surface area contributed by atoms with E-state index in [0.29, 0.717) is 6.42 Å². The van der Waals surface area contributed by atoms with Gasteiger partial charge in [0.2, 0.25) is 0 Å². The Morgan fingerprint density at radius 3 is 2.50 bits per heavy atom. The van der Waals surface area contributed by atoms with Gasteiger partial charge in [-0.1, -0.05) is 0 Å². The highest BCUT2D eigenvalue weighted by Gasteiger charge is 2.17. The number of hydrogen-bond acceptors (Lipinski definition) is 3. The third-order valence-electron chi connectivity index (χ3n) is 3.57. The quantitative estimate of drug-likeness (QED) is 0.867. The molecule has 0 saturated heterocycles. The lowest BCUT2D eigenvalue weighted by Crippen LogP contribution is -2.19. The Balaban J connectivity index is 3.23. The number of rotatable bonds is 5. The standard InChI is InChI=1S/C15H22N2O/c1-10-9-14(18-5)11(2)12(3)15(10)13(17-4)7-6-8-16/h9,13,17H,6-7H2,1-5H3. The molecule has 1 rings (SSSR count). The number of ether oxygens (including phenoxy) is 1. The van der Waals surface area contributed by atoms with Crippen molar-refractivity contribution in [2.45, 2.75) is 39.7 Å². The van der Waals surface area contributed by atoms with Crippen molar-refractivity contribution in [1.82, 2.24) is 5.32 Å². The van der Waals surface area contributed by atoms with Crippen LogP contribution in [0.2, 0.25) is 0 Å². The summed E-state index contributed by atoms with van der Waals surface area (Å²) >= 11 is 0. The number of hydrogen-bond donors (Lipinski definition) is 1.